The van der Waals surface area contributed by atoms with Gasteiger partial charge in [0.2, 0.25) is 0 Å². The van der Waals surface area contributed by atoms with Crippen LogP contribution in [0.4, 0.5) is 0 Å². The summed E-state index contributed by atoms with van der Waals surface area (Å²) in [5, 5.41) is 0. The summed E-state index contributed by atoms with van der Waals surface area (Å²) in [4.78, 5) is 0. The Morgan fingerprint density at radius 1 is 0.377 bits per heavy atom. The van der Waals surface area contributed by atoms with Gasteiger partial charge in [0.25, 0.3) is 0 Å². The standard InChI is InChI=1S/C42H77P4.C5H12.ClH.Ru/c1-7-19-37(20-8-1)44(38-21-9-2-10-22-38)34-31-43(32-35-45(39-23-11-3-12-24-39)40-25-13-4-14-26-40)33-36-46(41-27-15-5-16-28-41)42-29-17-6-18-30-42;1-3-5-4-2;;/h37-41H,1-36H2;3-5H2,1-2H3;1H;/q-1;;;+2/p-1/t46-;;;/m1.../s1. The van der Waals surface area contributed by atoms with Crippen LogP contribution in [0.1, 0.15) is 226 Å². The molecule has 0 N–H and O–H groups in total. The van der Waals surface area contributed by atoms with Gasteiger partial charge >= 0.3 is 19.5 Å². The molecule has 6 aliphatic rings. The smallest absolute Gasteiger partial charge is 1.00 e. The molecule has 6 fully saturated rings. The first-order valence-electron chi connectivity index (χ1n) is 24.1. The van der Waals surface area contributed by atoms with Crippen molar-refractivity contribution < 1.29 is 31.9 Å². The molecule has 6 rings (SSSR count). The molecule has 6 saturated carbocycles. The molecule has 0 bridgehead atoms. The Labute approximate surface area is 358 Å². The van der Waals surface area contributed by atoms with Crippen LogP contribution in [0, 0.1) is 5.66 Å². The van der Waals surface area contributed by atoms with E-state index in [4.69, 9.17) is 0 Å². The molecular weight excluding hydrogens is 825 g/mol. The van der Waals surface area contributed by atoms with Crippen molar-refractivity contribution in [1.82, 2.24) is 0 Å². The molecule has 53 heavy (non-hydrogen) atoms. The van der Waals surface area contributed by atoms with Crippen LogP contribution in [0.15, 0.2) is 0 Å². The first-order chi connectivity index (χ1) is 25.3. The van der Waals surface area contributed by atoms with E-state index in [0.717, 1.165) is 5.66 Å². The molecule has 0 heterocycles. The third kappa shape index (κ3) is 18.0. The van der Waals surface area contributed by atoms with E-state index in [9.17, 15) is 0 Å². The van der Waals surface area contributed by atoms with Crippen LogP contribution in [0.3, 0.4) is 0 Å². The maximum Gasteiger partial charge on any atom is 2.00 e. The zero-order valence-corrected chi connectivity index (χ0v) is 41.6. The Morgan fingerprint density at radius 3 is 1.00 bits per heavy atom. The van der Waals surface area contributed by atoms with Gasteiger partial charge in [-0.2, -0.15) is 12.8 Å². The van der Waals surface area contributed by atoms with E-state index in [-0.39, 0.29) is 47.7 Å². The minimum atomic E-state index is 0. The van der Waals surface area contributed by atoms with Gasteiger partial charge in [0.1, 0.15) is 0 Å². The van der Waals surface area contributed by atoms with Gasteiger partial charge in [-0.1, -0.05) is 171 Å². The minimum absolute atomic E-state index is 0. The van der Waals surface area contributed by atoms with Crippen LogP contribution in [0.5, 0.6) is 0 Å². The number of unbranched alkanes of at least 4 members (excludes halogenated alkanes) is 2. The molecule has 0 aromatic rings. The zero-order chi connectivity index (χ0) is 35.4. The molecule has 0 aromatic heterocycles. The van der Waals surface area contributed by atoms with Gasteiger partial charge in [-0.25, -0.2) is 0 Å². The normalized spacial score (nSPS) is 24.4. The number of rotatable bonds is 17. The van der Waals surface area contributed by atoms with Crippen LogP contribution in [-0.4, -0.2) is 65.3 Å². The molecule has 0 radical (unpaired) electrons. The summed E-state index contributed by atoms with van der Waals surface area (Å²) in [5.41, 5.74) is 7.97. The molecule has 1 atom stereocenters. The van der Waals surface area contributed by atoms with Crippen molar-refractivity contribution in [3.8, 4) is 0 Å². The summed E-state index contributed by atoms with van der Waals surface area (Å²) in [5.74, 6) is 0. The van der Waals surface area contributed by atoms with Crippen LogP contribution in [0.25, 0.3) is 0 Å². The second-order valence-electron chi connectivity index (χ2n) is 18.5. The molecule has 0 saturated heterocycles. The van der Waals surface area contributed by atoms with E-state index in [1.54, 1.807) is 210 Å². The molecule has 6 aliphatic carbocycles. The van der Waals surface area contributed by atoms with Crippen molar-refractivity contribution in [2.24, 2.45) is 0 Å². The molecular formula is C47H89ClP4Ru. The summed E-state index contributed by atoms with van der Waals surface area (Å²) in [6.07, 6.45) is 61.7. The van der Waals surface area contributed by atoms with Crippen molar-refractivity contribution in [1.29, 1.82) is 0 Å². The molecule has 0 aliphatic heterocycles. The van der Waals surface area contributed by atoms with Gasteiger partial charge < -0.3 is 12.4 Å². The fourth-order valence-electron chi connectivity index (χ4n) is 11.7. The summed E-state index contributed by atoms with van der Waals surface area (Å²) >= 11 is 0. The van der Waals surface area contributed by atoms with E-state index in [0.29, 0.717) is 15.8 Å². The van der Waals surface area contributed by atoms with Gasteiger partial charge in [-0.15, -0.1) is 7.92 Å². The first-order valence-corrected chi connectivity index (χ1v) is 30.9. The van der Waals surface area contributed by atoms with Gasteiger partial charge in [0.15, 0.2) is 0 Å². The predicted octanol–water partition coefficient (Wildman–Crippen LogP) is 14.3. The third-order valence-corrected chi connectivity index (χ3v) is 29.0. The monoisotopic (exact) mass is 914 g/mol. The van der Waals surface area contributed by atoms with Crippen molar-refractivity contribution in [3.05, 3.63) is 5.66 Å². The zero-order valence-electron chi connectivity index (χ0n) is 35.5. The maximum absolute atomic E-state index is 2.21. The van der Waals surface area contributed by atoms with E-state index in [1.165, 1.54) is 61.2 Å². The van der Waals surface area contributed by atoms with E-state index in [1.807, 2.05) is 0 Å². The van der Waals surface area contributed by atoms with E-state index < -0.39 is 0 Å². The fraction of sp³-hybridized carbons (Fsp3) is 0.979. The Hall–Kier alpha value is 2.63. The van der Waals surface area contributed by atoms with Crippen molar-refractivity contribution in [2.45, 2.75) is 254 Å². The first kappa shape index (κ1) is 50.0. The van der Waals surface area contributed by atoms with Crippen LogP contribution < -0.4 is 12.4 Å². The van der Waals surface area contributed by atoms with Gasteiger partial charge in [0, 0.05) is 0 Å². The summed E-state index contributed by atoms with van der Waals surface area (Å²) in [6, 6.07) is 0. The van der Waals surface area contributed by atoms with Crippen LogP contribution in [0.2, 0.25) is 0 Å². The SMILES string of the molecule is C1CC[C-]([P@](CCP(CCP(C2CCCCC2)C2CCCCC2)CCP(C2CCCCC2)C2CCCCC2)C2CCCCC2)CC1.CCCCC.[Cl-].[Ru+2]. The van der Waals surface area contributed by atoms with E-state index >= 15 is 0 Å². The second kappa shape index (κ2) is 30.6. The Kier molecular flexibility index (Phi) is 28.9. The molecule has 312 valence electrons. The number of halogens is 1. The van der Waals surface area contributed by atoms with Crippen molar-refractivity contribution in [2.75, 3.05) is 37.0 Å². The quantitative estimate of drug-likeness (QED) is 0.0775. The molecule has 0 unspecified atom stereocenters. The Balaban J connectivity index is 0.00000101. The van der Waals surface area contributed by atoms with Crippen molar-refractivity contribution in [3.63, 3.8) is 0 Å². The summed E-state index contributed by atoms with van der Waals surface area (Å²) < 4.78 is 0. The molecule has 0 aromatic carbocycles. The molecule has 6 heteroatoms. The predicted molar refractivity (Wildman–Crippen MR) is 243 cm³/mol. The van der Waals surface area contributed by atoms with Crippen LogP contribution in [-0.2, 0) is 19.5 Å². The van der Waals surface area contributed by atoms with Gasteiger partial charge in [-0.05, 0) is 123 Å². The molecule has 0 nitrogen and oxygen atoms in total. The topological polar surface area (TPSA) is 0 Å². The largest absolute Gasteiger partial charge is 2.00 e. The summed E-state index contributed by atoms with van der Waals surface area (Å²) in [7, 11) is 1.05. The minimum Gasteiger partial charge on any atom is -1.00 e. The van der Waals surface area contributed by atoms with Crippen molar-refractivity contribution >= 4 is 31.7 Å². The Morgan fingerprint density at radius 2 is 0.679 bits per heavy atom. The van der Waals surface area contributed by atoms with Crippen LogP contribution >= 0.6 is 31.7 Å². The number of hydrogen-bond acceptors (Lipinski definition) is 0. The average molecular weight is 915 g/mol. The molecule has 0 spiro atoms. The van der Waals surface area contributed by atoms with Gasteiger partial charge in [-0.3, -0.25) is 13.6 Å². The number of hydrogen-bond donors (Lipinski definition) is 0. The fourth-order valence-corrected chi connectivity index (χ4v) is 28.3. The maximum atomic E-state index is 2.21. The van der Waals surface area contributed by atoms with Gasteiger partial charge in [0.05, 0.1) is 0 Å². The Bertz CT molecular complexity index is 681. The van der Waals surface area contributed by atoms with E-state index in [2.05, 4.69) is 19.5 Å². The second-order valence-corrected chi connectivity index (χ2v) is 29.8. The summed E-state index contributed by atoms with van der Waals surface area (Å²) in [6.45, 7) is 4.42. The third-order valence-electron chi connectivity index (χ3n) is 14.7. The molecule has 0 amide bonds. The average Bonchev–Trinajstić information content (AvgIpc) is 3.21.